The van der Waals surface area contributed by atoms with Crippen molar-refractivity contribution >= 4 is 12.7 Å². The van der Waals surface area contributed by atoms with Crippen molar-refractivity contribution in [2.45, 2.75) is 6.92 Å². The second-order valence-corrected chi connectivity index (χ2v) is 2.75. The highest BCUT2D eigenvalue weighted by atomic mass is 14.5. The molecule has 0 fully saturated rings. The van der Waals surface area contributed by atoms with E-state index in [4.69, 9.17) is 5.73 Å². The Morgan fingerprint density at radius 3 is 2.83 bits per heavy atom. The zero-order valence-electron chi connectivity index (χ0n) is 7.25. The molecule has 62 valence electrons. The van der Waals surface area contributed by atoms with Crippen molar-refractivity contribution < 1.29 is 0 Å². The third-order valence-electron chi connectivity index (χ3n) is 1.69. The average Bonchev–Trinajstić information content (AvgIpc) is 2.07. The molecule has 0 radical (unpaired) electrons. The normalized spacial score (nSPS) is 12.6. The predicted octanol–water partition coefficient (Wildman–Crippen LogP) is 0.658. The first-order chi connectivity index (χ1) is 5.74. The van der Waals surface area contributed by atoms with Gasteiger partial charge in [-0.3, -0.25) is 0 Å². The van der Waals surface area contributed by atoms with Crippen molar-refractivity contribution in [2.24, 2.45) is 5.73 Å². The van der Waals surface area contributed by atoms with Crippen LogP contribution in [0.25, 0.3) is 12.7 Å². The Bertz CT molecular complexity index is 388. The van der Waals surface area contributed by atoms with Gasteiger partial charge in [0, 0.05) is 0 Å². The SMILES string of the molecule is C=c1ccc(C)c/c1=C/C=C\N. The fourth-order valence-corrected chi connectivity index (χ4v) is 1.03. The maximum atomic E-state index is 5.23. The molecule has 0 amide bonds. The first-order valence-corrected chi connectivity index (χ1v) is 3.88. The molecule has 0 atom stereocenters. The molecule has 0 aromatic heterocycles. The number of hydrogen-bond acceptors (Lipinski definition) is 1. The second-order valence-electron chi connectivity index (χ2n) is 2.75. The maximum absolute atomic E-state index is 5.23. The topological polar surface area (TPSA) is 26.0 Å². The molecule has 0 aliphatic carbocycles. The summed E-state index contributed by atoms with van der Waals surface area (Å²) >= 11 is 0. The summed E-state index contributed by atoms with van der Waals surface area (Å²) in [4.78, 5) is 0. The molecule has 0 saturated carbocycles. The number of benzene rings is 1. The Kier molecular flexibility index (Phi) is 2.70. The largest absolute Gasteiger partial charge is 0.405 e. The van der Waals surface area contributed by atoms with Crippen LogP contribution >= 0.6 is 0 Å². The Labute approximate surface area is 72.5 Å². The van der Waals surface area contributed by atoms with Gasteiger partial charge in [-0.05, 0) is 29.6 Å². The van der Waals surface area contributed by atoms with Crippen molar-refractivity contribution in [3.05, 3.63) is 46.5 Å². The fraction of sp³-hybridized carbons (Fsp3) is 0.0909. The summed E-state index contributed by atoms with van der Waals surface area (Å²) in [5.74, 6) is 0. The Morgan fingerprint density at radius 1 is 1.42 bits per heavy atom. The number of rotatable bonds is 1. The van der Waals surface area contributed by atoms with Crippen LogP contribution in [0.3, 0.4) is 0 Å². The minimum Gasteiger partial charge on any atom is -0.405 e. The van der Waals surface area contributed by atoms with E-state index in [9.17, 15) is 0 Å². The quantitative estimate of drug-likeness (QED) is 0.640. The van der Waals surface area contributed by atoms with E-state index in [2.05, 4.69) is 19.6 Å². The lowest BCUT2D eigenvalue weighted by molar-refractivity contribution is 1.41. The number of hydrogen-bond donors (Lipinski definition) is 1. The highest BCUT2D eigenvalue weighted by molar-refractivity contribution is 5.38. The molecule has 0 saturated heterocycles. The van der Waals surface area contributed by atoms with Gasteiger partial charge in [0.2, 0.25) is 0 Å². The van der Waals surface area contributed by atoms with Gasteiger partial charge >= 0.3 is 0 Å². The average molecular weight is 159 g/mol. The minimum absolute atomic E-state index is 1.03. The molecular weight excluding hydrogens is 146 g/mol. The van der Waals surface area contributed by atoms with E-state index < -0.39 is 0 Å². The molecule has 1 aromatic carbocycles. The van der Waals surface area contributed by atoms with Crippen LogP contribution in [-0.4, -0.2) is 0 Å². The molecule has 0 bridgehead atoms. The van der Waals surface area contributed by atoms with Gasteiger partial charge in [-0.2, -0.15) is 0 Å². The van der Waals surface area contributed by atoms with Gasteiger partial charge in [0.25, 0.3) is 0 Å². The second kappa shape index (κ2) is 3.77. The molecule has 0 aliphatic rings. The maximum Gasteiger partial charge on any atom is -0.00622 e. The molecule has 0 heterocycles. The summed E-state index contributed by atoms with van der Waals surface area (Å²) in [6.07, 6.45) is 5.28. The van der Waals surface area contributed by atoms with Gasteiger partial charge in [0.15, 0.2) is 0 Å². The van der Waals surface area contributed by atoms with Gasteiger partial charge in [-0.25, -0.2) is 0 Å². The molecule has 0 spiro atoms. The standard InChI is InChI=1S/C11H13N/c1-9-5-6-10(2)11(8-9)4-3-7-12/h3-8H,2,12H2,1H3/b7-3-,11-4-. The van der Waals surface area contributed by atoms with Gasteiger partial charge in [-0.1, -0.05) is 36.4 Å². The van der Waals surface area contributed by atoms with Crippen molar-refractivity contribution in [2.75, 3.05) is 0 Å². The molecular formula is C11H13N. The summed E-state index contributed by atoms with van der Waals surface area (Å²) in [5, 5.41) is 2.15. The van der Waals surface area contributed by atoms with Gasteiger partial charge < -0.3 is 5.73 Å². The lowest BCUT2D eigenvalue weighted by atomic mass is 10.2. The van der Waals surface area contributed by atoms with E-state index in [1.54, 1.807) is 0 Å². The molecule has 0 unspecified atom stereocenters. The van der Waals surface area contributed by atoms with Crippen LogP contribution in [0.1, 0.15) is 5.56 Å². The van der Waals surface area contributed by atoms with Crippen molar-refractivity contribution in [3.8, 4) is 0 Å². The first kappa shape index (κ1) is 8.60. The van der Waals surface area contributed by atoms with E-state index >= 15 is 0 Å². The summed E-state index contributed by atoms with van der Waals surface area (Å²) in [5.41, 5.74) is 6.47. The van der Waals surface area contributed by atoms with Gasteiger partial charge in [-0.15, -0.1) is 0 Å². The summed E-state index contributed by atoms with van der Waals surface area (Å²) in [6.45, 7) is 5.97. The molecule has 1 nitrogen and oxygen atoms in total. The van der Waals surface area contributed by atoms with Crippen LogP contribution in [0, 0.1) is 6.92 Å². The van der Waals surface area contributed by atoms with Crippen molar-refractivity contribution in [3.63, 3.8) is 0 Å². The van der Waals surface area contributed by atoms with E-state index in [1.165, 1.54) is 11.8 Å². The molecule has 1 heteroatoms. The number of allylic oxidation sites excluding steroid dienone is 1. The smallest absolute Gasteiger partial charge is 0.00622 e. The van der Waals surface area contributed by atoms with Crippen LogP contribution < -0.4 is 16.2 Å². The van der Waals surface area contributed by atoms with Crippen molar-refractivity contribution in [1.82, 2.24) is 0 Å². The molecule has 1 aromatic rings. The molecule has 12 heavy (non-hydrogen) atoms. The predicted molar refractivity (Wildman–Crippen MR) is 53.7 cm³/mol. The van der Waals surface area contributed by atoms with E-state index in [-0.39, 0.29) is 0 Å². The Balaban J connectivity index is 3.32. The van der Waals surface area contributed by atoms with Crippen LogP contribution in [0.15, 0.2) is 30.5 Å². The van der Waals surface area contributed by atoms with Crippen LogP contribution in [0.4, 0.5) is 0 Å². The van der Waals surface area contributed by atoms with Crippen LogP contribution in [0.5, 0.6) is 0 Å². The van der Waals surface area contributed by atoms with Gasteiger partial charge in [0.1, 0.15) is 0 Å². The monoisotopic (exact) mass is 159 g/mol. The first-order valence-electron chi connectivity index (χ1n) is 3.88. The fourth-order valence-electron chi connectivity index (χ4n) is 1.03. The summed E-state index contributed by atoms with van der Waals surface area (Å²) in [7, 11) is 0. The summed E-state index contributed by atoms with van der Waals surface area (Å²) in [6, 6.07) is 6.14. The van der Waals surface area contributed by atoms with Crippen LogP contribution in [-0.2, 0) is 0 Å². The third-order valence-corrected chi connectivity index (χ3v) is 1.69. The van der Waals surface area contributed by atoms with E-state index in [0.29, 0.717) is 0 Å². The molecule has 0 aliphatic heterocycles. The number of nitrogens with two attached hydrogens (primary N) is 1. The van der Waals surface area contributed by atoms with E-state index in [1.807, 2.05) is 24.3 Å². The molecule has 2 N–H and O–H groups in total. The van der Waals surface area contributed by atoms with Gasteiger partial charge in [0.05, 0.1) is 0 Å². The highest BCUT2D eigenvalue weighted by Crippen LogP contribution is 1.85. The zero-order chi connectivity index (χ0) is 8.97. The molecule has 1 rings (SSSR count). The minimum atomic E-state index is 1.03. The Morgan fingerprint density at radius 2 is 2.17 bits per heavy atom. The summed E-state index contributed by atoms with van der Waals surface area (Å²) < 4.78 is 0. The zero-order valence-corrected chi connectivity index (χ0v) is 7.25. The van der Waals surface area contributed by atoms with Crippen molar-refractivity contribution in [1.29, 1.82) is 0 Å². The van der Waals surface area contributed by atoms with Crippen LogP contribution in [0.2, 0.25) is 0 Å². The lowest BCUT2D eigenvalue weighted by Gasteiger charge is -1.90. The highest BCUT2D eigenvalue weighted by Gasteiger charge is 1.82. The third kappa shape index (κ3) is 1.99. The number of aryl methyl sites for hydroxylation is 1. The van der Waals surface area contributed by atoms with E-state index in [0.717, 1.165) is 10.4 Å². The Hall–Kier alpha value is -1.50. The lowest BCUT2D eigenvalue weighted by Crippen LogP contribution is -2.22.